The highest BCUT2D eigenvalue weighted by Gasteiger charge is 2.05. The fourth-order valence-electron chi connectivity index (χ4n) is 1.58. The standard InChI is InChI=1S/C14H12FNO3/c15-12-4-2-1-3-11(12)9-19-8-10-5-6-16-13(7-10)14(17)18/h1-7H,8-9H2,(H,17,18). The summed E-state index contributed by atoms with van der Waals surface area (Å²) in [7, 11) is 0. The average Bonchev–Trinajstić information content (AvgIpc) is 2.41. The lowest BCUT2D eigenvalue weighted by atomic mass is 10.2. The highest BCUT2D eigenvalue weighted by atomic mass is 19.1. The lowest BCUT2D eigenvalue weighted by Gasteiger charge is -2.06. The van der Waals surface area contributed by atoms with Gasteiger partial charge in [-0.05, 0) is 23.8 Å². The number of carboxylic acid groups (broad SMARTS) is 1. The van der Waals surface area contributed by atoms with Gasteiger partial charge in [-0.2, -0.15) is 0 Å². The molecule has 0 spiro atoms. The monoisotopic (exact) mass is 261 g/mol. The summed E-state index contributed by atoms with van der Waals surface area (Å²) in [5.74, 6) is -1.40. The zero-order chi connectivity index (χ0) is 13.7. The first-order chi connectivity index (χ1) is 9.16. The van der Waals surface area contributed by atoms with Crippen LogP contribution in [0, 0.1) is 5.82 Å². The zero-order valence-corrected chi connectivity index (χ0v) is 10.0. The van der Waals surface area contributed by atoms with Crippen LogP contribution in [0.5, 0.6) is 0 Å². The maximum absolute atomic E-state index is 13.3. The van der Waals surface area contributed by atoms with Crippen molar-refractivity contribution in [1.82, 2.24) is 4.98 Å². The molecule has 1 aromatic carbocycles. The van der Waals surface area contributed by atoms with Crippen LogP contribution >= 0.6 is 0 Å². The van der Waals surface area contributed by atoms with Gasteiger partial charge >= 0.3 is 5.97 Å². The van der Waals surface area contributed by atoms with Gasteiger partial charge in [0.1, 0.15) is 11.5 Å². The zero-order valence-electron chi connectivity index (χ0n) is 10.0. The molecule has 1 heterocycles. The smallest absolute Gasteiger partial charge is 0.354 e. The van der Waals surface area contributed by atoms with E-state index in [1.54, 1.807) is 24.3 Å². The molecular weight excluding hydrogens is 249 g/mol. The van der Waals surface area contributed by atoms with E-state index in [4.69, 9.17) is 9.84 Å². The Morgan fingerprint density at radius 2 is 2.05 bits per heavy atom. The van der Waals surface area contributed by atoms with Crippen LogP contribution in [0.2, 0.25) is 0 Å². The largest absolute Gasteiger partial charge is 0.477 e. The second-order valence-corrected chi connectivity index (χ2v) is 3.94. The Morgan fingerprint density at radius 1 is 1.26 bits per heavy atom. The summed E-state index contributed by atoms with van der Waals surface area (Å²) in [6, 6.07) is 9.45. The third-order valence-corrected chi connectivity index (χ3v) is 2.53. The normalized spacial score (nSPS) is 10.4. The number of carboxylic acids is 1. The summed E-state index contributed by atoms with van der Waals surface area (Å²) in [5, 5.41) is 8.80. The minimum absolute atomic E-state index is 0.0352. The molecule has 1 N–H and O–H groups in total. The maximum atomic E-state index is 13.3. The van der Waals surface area contributed by atoms with Gasteiger partial charge in [-0.15, -0.1) is 0 Å². The van der Waals surface area contributed by atoms with E-state index in [0.29, 0.717) is 11.1 Å². The molecule has 2 rings (SSSR count). The SMILES string of the molecule is O=C(O)c1cc(COCc2ccccc2F)ccn1. The molecule has 0 fully saturated rings. The number of benzene rings is 1. The van der Waals surface area contributed by atoms with Crippen molar-refractivity contribution in [2.75, 3.05) is 0 Å². The predicted octanol–water partition coefficient (Wildman–Crippen LogP) is 2.64. The van der Waals surface area contributed by atoms with Gasteiger partial charge in [-0.25, -0.2) is 14.2 Å². The quantitative estimate of drug-likeness (QED) is 0.898. The topological polar surface area (TPSA) is 59.4 Å². The van der Waals surface area contributed by atoms with Gasteiger partial charge in [0.15, 0.2) is 0 Å². The van der Waals surface area contributed by atoms with Crippen molar-refractivity contribution in [3.63, 3.8) is 0 Å². The van der Waals surface area contributed by atoms with Gasteiger partial charge in [0.25, 0.3) is 0 Å². The second kappa shape index (κ2) is 6.06. The molecule has 1 aromatic heterocycles. The molecule has 0 bridgehead atoms. The Hall–Kier alpha value is -2.27. The number of hydrogen-bond acceptors (Lipinski definition) is 3. The molecule has 19 heavy (non-hydrogen) atoms. The van der Waals surface area contributed by atoms with Crippen molar-refractivity contribution in [1.29, 1.82) is 0 Å². The molecule has 4 nitrogen and oxygen atoms in total. The van der Waals surface area contributed by atoms with Crippen LogP contribution in [0.25, 0.3) is 0 Å². The number of halogens is 1. The Kier molecular flexibility index (Phi) is 4.20. The molecule has 0 aliphatic rings. The Bertz CT molecular complexity index is 586. The van der Waals surface area contributed by atoms with Crippen molar-refractivity contribution in [3.8, 4) is 0 Å². The molecule has 0 saturated carbocycles. The molecule has 0 aliphatic carbocycles. The van der Waals surface area contributed by atoms with E-state index in [1.165, 1.54) is 18.3 Å². The maximum Gasteiger partial charge on any atom is 0.354 e. The van der Waals surface area contributed by atoms with E-state index in [1.807, 2.05) is 0 Å². The summed E-state index contributed by atoms with van der Waals surface area (Å²) in [5.41, 5.74) is 1.12. The van der Waals surface area contributed by atoms with Crippen LogP contribution in [-0.2, 0) is 18.0 Å². The van der Waals surface area contributed by atoms with E-state index < -0.39 is 5.97 Å². The van der Waals surface area contributed by atoms with E-state index in [9.17, 15) is 9.18 Å². The van der Waals surface area contributed by atoms with Crippen LogP contribution in [0.3, 0.4) is 0 Å². The van der Waals surface area contributed by atoms with Crippen LogP contribution in [0.15, 0.2) is 42.6 Å². The fourth-order valence-corrected chi connectivity index (χ4v) is 1.58. The number of carbonyl (C=O) groups is 1. The molecule has 0 saturated heterocycles. The van der Waals surface area contributed by atoms with E-state index in [0.717, 1.165) is 0 Å². The number of pyridine rings is 1. The van der Waals surface area contributed by atoms with Crippen molar-refractivity contribution in [2.45, 2.75) is 13.2 Å². The van der Waals surface area contributed by atoms with Crippen LogP contribution < -0.4 is 0 Å². The van der Waals surface area contributed by atoms with Crippen LogP contribution in [-0.4, -0.2) is 16.1 Å². The molecule has 0 atom stereocenters. The minimum Gasteiger partial charge on any atom is -0.477 e. The summed E-state index contributed by atoms with van der Waals surface area (Å²) in [4.78, 5) is 14.4. The molecule has 0 amide bonds. The van der Waals surface area contributed by atoms with Gasteiger partial charge in [0.05, 0.1) is 13.2 Å². The fraction of sp³-hybridized carbons (Fsp3) is 0.143. The first kappa shape index (κ1) is 13.2. The molecule has 2 aromatic rings. The summed E-state index contributed by atoms with van der Waals surface area (Å²) >= 11 is 0. The summed E-state index contributed by atoms with van der Waals surface area (Å²) in [6.45, 7) is 0.342. The average molecular weight is 261 g/mol. The van der Waals surface area contributed by atoms with Crippen LogP contribution in [0.1, 0.15) is 21.6 Å². The van der Waals surface area contributed by atoms with Gasteiger partial charge in [0.2, 0.25) is 0 Å². The first-order valence-corrected chi connectivity index (χ1v) is 5.66. The third kappa shape index (κ3) is 3.59. The van der Waals surface area contributed by atoms with Crippen molar-refractivity contribution < 1.29 is 19.0 Å². The molecule has 5 heteroatoms. The number of aromatic nitrogens is 1. The number of rotatable bonds is 5. The Morgan fingerprint density at radius 3 is 2.79 bits per heavy atom. The number of ether oxygens (including phenoxy) is 1. The van der Waals surface area contributed by atoms with Crippen molar-refractivity contribution in [2.24, 2.45) is 0 Å². The van der Waals surface area contributed by atoms with Gasteiger partial charge in [-0.1, -0.05) is 18.2 Å². The summed E-state index contributed by atoms with van der Waals surface area (Å²) < 4.78 is 18.7. The van der Waals surface area contributed by atoms with Crippen LogP contribution in [0.4, 0.5) is 4.39 Å². The second-order valence-electron chi connectivity index (χ2n) is 3.94. The predicted molar refractivity (Wildman–Crippen MR) is 66.1 cm³/mol. The first-order valence-electron chi connectivity index (χ1n) is 5.66. The Labute approximate surface area is 109 Å². The number of hydrogen-bond donors (Lipinski definition) is 1. The van der Waals surface area contributed by atoms with Gasteiger partial charge < -0.3 is 9.84 Å². The van der Waals surface area contributed by atoms with E-state index in [2.05, 4.69) is 4.98 Å². The van der Waals surface area contributed by atoms with E-state index >= 15 is 0 Å². The van der Waals surface area contributed by atoms with Crippen molar-refractivity contribution in [3.05, 3.63) is 65.2 Å². The lowest BCUT2D eigenvalue weighted by Crippen LogP contribution is -2.02. The van der Waals surface area contributed by atoms with E-state index in [-0.39, 0.29) is 24.7 Å². The molecule has 0 aliphatic heterocycles. The van der Waals surface area contributed by atoms with Gasteiger partial charge in [0, 0.05) is 11.8 Å². The molecule has 98 valence electrons. The highest BCUT2D eigenvalue weighted by molar-refractivity contribution is 5.85. The lowest BCUT2D eigenvalue weighted by molar-refractivity contribution is 0.0689. The van der Waals surface area contributed by atoms with Crippen molar-refractivity contribution >= 4 is 5.97 Å². The molecular formula is C14H12FNO3. The number of nitrogens with zero attached hydrogens (tertiary/aromatic N) is 1. The molecule has 0 unspecified atom stereocenters. The highest BCUT2D eigenvalue weighted by Crippen LogP contribution is 2.10. The Balaban J connectivity index is 1.94. The molecule has 0 radical (unpaired) electrons. The van der Waals surface area contributed by atoms with Gasteiger partial charge in [-0.3, -0.25) is 0 Å². The summed E-state index contributed by atoms with van der Waals surface area (Å²) in [6.07, 6.45) is 1.41. The minimum atomic E-state index is -1.09. The third-order valence-electron chi connectivity index (χ3n) is 2.53. The number of aromatic carboxylic acids is 1.